The van der Waals surface area contributed by atoms with Gasteiger partial charge in [-0.1, -0.05) is 42.5 Å². The van der Waals surface area contributed by atoms with Gasteiger partial charge in [-0.05, 0) is 43.5 Å². The molecule has 0 radical (unpaired) electrons. The van der Waals surface area contributed by atoms with Crippen LogP contribution in [0.4, 0.5) is 0 Å². The number of aromatic nitrogens is 2. The van der Waals surface area contributed by atoms with Gasteiger partial charge in [0.25, 0.3) is 0 Å². The first-order chi connectivity index (χ1) is 10.9. The summed E-state index contributed by atoms with van der Waals surface area (Å²) in [4.78, 5) is 4.78. The smallest absolute Gasteiger partial charge is 0.109 e. The predicted molar refractivity (Wildman–Crippen MR) is 91.9 cm³/mol. The van der Waals surface area contributed by atoms with Crippen LogP contribution < -0.4 is 5.73 Å². The molecule has 0 saturated heterocycles. The second-order valence-electron chi connectivity index (χ2n) is 5.65. The highest BCUT2D eigenvalue weighted by Gasteiger charge is 2.09. The van der Waals surface area contributed by atoms with Gasteiger partial charge in [-0.15, -0.1) is 0 Å². The van der Waals surface area contributed by atoms with Gasteiger partial charge in [0.1, 0.15) is 5.82 Å². The Balaban J connectivity index is 1.76. The minimum Gasteiger partial charge on any atom is -0.330 e. The van der Waals surface area contributed by atoms with Crippen molar-refractivity contribution in [3.8, 4) is 0 Å². The molecule has 3 rings (SSSR count). The van der Waals surface area contributed by atoms with Gasteiger partial charge in [0.2, 0.25) is 0 Å². The third-order valence-corrected chi connectivity index (χ3v) is 4.03. The number of fused-ring (bicyclic) bond motifs is 1. The van der Waals surface area contributed by atoms with E-state index in [0.717, 1.165) is 37.7 Å². The Morgan fingerprint density at radius 3 is 2.45 bits per heavy atom. The maximum absolute atomic E-state index is 5.66. The molecule has 2 aromatic carbocycles. The minimum atomic E-state index is 0.715. The molecular formula is C19H23N3. The van der Waals surface area contributed by atoms with Crippen molar-refractivity contribution in [1.29, 1.82) is 0 Å². The number of nitrogens with two attached hydrogens (primary N) is 1. The summed E-state index contributed by atoms with van der Waals surface area (Å²) in [5, 5.41) is 0. The summed E-state index contributed by atoms with van der Waals surface area (Å²) < 4.78 is 2.37. The molecule has 0 saturated carbocycles. The lowest BCUT2D eigenvalue weighted by molar-refractivity contribution is 0.615. The van der Waals surface area contributed by atoms with Crippen molar-refractivity contribution in [1.82, 2.24) is 9.55 Å². The zero-order chi connectivity index (χ0) is 15.2. The highest BCUT2D eigenvalue weighted by Crippen LogP contribution is 2.18. The maximum Gasteiger partial charge on any atom is 0.109 e. The van der Waals surface area contributed by atoms with Crippen LogP contribution in [0, 0.1) is 0 Å². The third-order valence-electron chi connectivity index (χ3n) is 4.03. The Kier molecular flexibility index (Phi) is 4.86. The van der Waals surface area contributed by atoms with Gasteiger partial charge in [-0.3, -0.25) is 0 Å². The second kappa shape index (κ2) is 7.23. The van der Waals surface area contributed by atoms with Gasteiger partial charge in [-0.25, -0.2) is 4.98 Å². The van der Waals surface area contributed by atoms with Crippen molar-refractivity contribution in [2.45, 2.75) is 32.2 Å². The van der Waals surface area contributed by atoms with Crippen LogP contribution in [0.3, 0.4) is 0 Å². The van der Waals surface area contributed by atoms with Gasteiger partial charge in [-0.2, -0.15) is 0 Å². The van der Waals surface area contributed by atoms with Crippen molar-refractivity contribution in [2.75, 3.05) is 6.54 Å². The number of hydrogen-bond acceptors (Lipinski definition) is 2. The number of nitrogens with zero attached hydrogens (tertiary/aromatic N) is 2. The van der Waals surface area contributed by atoms with E-state index >= 15 is 0 Å². The number of para-hydroxylation sites is 2. The first-order valence-corrected chi connectivity index (χ1v) is 8.06. The Bertz CT molecular complexity index is 716. The predicted octanol–water partition coefficient (Wildman–Crippen LogP) is 3.56. The molecule has 1 aromatic heterocycles. The first-order valence-electron chi connectivity index (χ1n) is 8.06. The van der Waals surface area contributed by atoms with E-state index in [1.807, 2.05) is 0 Å². The minimum absolute atomic E-state index is 0.715. The fourth-order valence-corrected chi connectivity index (χ4v) is 2.91. The fourth-order valence-electron chi connectivity index (χ4n) is 2.91. The largest absolute Gasteiger partial charge is 0.330 e. The molecule has 2 N–H and O–H groups in total. The highest BCUT2D eigenvalue weighted by atomic mass is 15.1. The van der Waals surface area contributed by atoms with E-state index in [1.165, 1.54) is 16.9 Å². The lowest BCUT2D eigenvalue weighted by atomic mass is 10.1. The number of aryl methyl sites for hydroxylation is 3. The van der Waals surface area contributed by atoms with E-state index in [4.69, 9.17) is 10.7 Å². The van der Waals surface area contributed by atoms with Crippen LogP contribution in [0.15, 0.2) is 54.6 Å². The molecular weight excluding hydrogens is 270 g/mol. The first kappa shape index (κ1) is 14.8. The van der Waals surface area contributed by atoms with Crippen molar-refractivity contribution in [2.24, 2.45) is 5.73 Å². The van der Waals surface area contributed by atoms with Crippen LogP contribution in [0.5, 0.6) is 0 Å². The molecule has 0 fully saturated rings. The topological polar surface area (TPSA) is 43.8 Å². The molecule has 0 spiro atoms. The molecule has 0 atom stereocenters. The molecule has 0 bridgehead atoms. The summed E-state index contributed by atoms with van der Waals surface area (Å²) >= 11 is 0. The Morgan fingerprint density at radius 2 is 1.64 bits per heavy atom. The second-order valence-corrected chi connectivity index (χ2v) is 5.65. The summed E-state index contributed by atoms with van der Waals surface area (Å²) in [5.41, 5.74) is 9.39. The van der Waals surface area contributed by atoms with Crippen LogP contribution in [-0.4, -0.2) is 16.1 Å². The van der Waals surface area contributed by atoms with E-state index in [0.29, 0.717) is 6.54 Å². The molecule has 22 heavy (non-hydrogen) atoms. The van der Waals surface area contributed by atoms with Crippen molar-refractivity contribution in [3.05, 3.63) is 66.0 Å². The van der Waals surface area contributed by atoms with Gasteiger partial charge in [0.15, 0.2) is 0 Å². The molecule has 3 heteroatoms. The van der Waals surface area contributed by atoms with Gasteiger partial charge in [0.05, 0.1) is 11.0 Å². The molecule has 1 heterocycles. The number of hydrogen-bond donors (Lipinski definition) is 1. The summed E-state index contributed by atoms with van der Waals surface area (Å²) in [7, 11) is 0. The molecule has 0 aliphatic carbocycles. The van der Waals surface area contributed by atoms with Gasteiger partial charge >= 0.3 is 0 Å². The molecule has 0 unspecified atom stereocenters. The third kappa shape index (κ3) is 3.37. The molecule has 0 amide bonds. The maximum atomic E-state index is 5.66. The van der Waals surface area contributed by atoms with Crippen LogP contribution >= 0.6 is 0 Å². The van der Waals surface area contributed by atoms with E-state index in [2.05, 4.69) is 59.2 Å². The van der Waals surface area contributed by atoms with Crippen LogP contribution in [0.25, 0.3) is 11.0 Å². The Morgan fingerprint density at radius 1 is 0.864 bits per heavy atom. The number of benzene rings is 2. The summed E-state index contributed by atoms with van der Waals surface area (Å²) in [6.45, 7) is 1.72. The van der Waals surface area contributed by atoms with E-state index in [1.54, 1.807) is 0 Å². The SMILES string of the molecule is NCCCc1nc2ccccc2n1CCCc1ccccc1. The quantitative estimate of drug-likeness (QED) is 0.724. The Hall–Kier alpha value is -2.13. The number of imidazole rings is 1. The molecule has 0 aliphatic rings. The van der Waals surface area contributed by atoms with Crippen molar-refractivity contribution >= 4 is 11.0 Å². The van der Waals surface area contributed by atoms with E-state index in [-0.39, 0.29) is 0 Å². The van der Waals surface area contributed by atoms with Crippen LogP contribution in [-0.2, 0) is 19.4 Å². The summed E-state index contributed by atoms with van der Waals surface area (Å²) in [6.07, 6.45) is 4.17. The zero-order valence-corrected chi connectivity index (χ0v) is 12.9. The fraction of sp³-hybridized carbons (Fsp3) is 0.316. The van der Waals surface area contributed by atoms with E-state index < -0.39 is 0 Å². The van der Waals surface area contributed by atoms with Crippen molar-refractivity contribution in [3.63, 3.8) is 0 Å². The van der Waals surface area contributed by atoms with Gasteiger partial charge in [0, 0.05) is 13.0 Å². The normalized spacial score (nSPS) is 11.1. The Labute approximate surface area is 131 Å². The van der Waals surface area contributed by atoms with Crippen LogP contribution in [0.2, 0.25) is 0 Å². The monoisotopic (exact) mass is 293 g/mol. The highest BCUT2D eigenvalue weighted by molar-refractivity contribution is 5.75. The molecule has 3 nitrogen and oxygen atoms in total. The summed E-state index contributed by atoms with van der Waals surface area (Å²) in [5.74, 6) is 1.17. The molecule has 0 aliphatic heterocycles. The average Bonchev–Trinajstić information content (AvgIpc) is 2.92. The van der Waals surface area contributed by atoms with E-state index in [9.17, 15) is 0 Å². The zero-order valence-electron chi connectivity index (χ0n) is 12.9. The molecule has 114 valence electrons. The summed E-state index contributed by atoms with van der Waals surface area (Å²) in [6, 6.07) is 19.1. The standard InChI is InChI=1S/C19H23N3/c20-14-6-13-19-21-17-11-4-5-12-18(17)22(19)15-7-10-16-8-2-1-3-9-16/h1-5,8-9,11-12H,6-7,10,13-15,20H2. The lowest BCUT2D eigenvalue weighted by Gasteiger charge is -2.09. The van der Waals surface area contributed by atoms with Gasteiger partial charge < -0.3 is 10.3 Å². The molecule has 3 aromatic rings. The van der Waals surface area contributed by atoms with Crippen LogP contribution in [0.1, 0.15) is 24.2 Å². The van der Waals surface area contributed by atoms with Crippen molar-refractivity contribution < 1.29 is 0 Å². The average molecular weight is 293 g/mol. The number of rotatable bonds is 7. The lowest BCUT2D eigenvalue weighted by Crippen LogP contribution is -2.08.